The number of halogens is 1. The van der Waals surface area contributed by atoms with E-state index in [2.05, 4.69) is 15.6 Å². The van der Waals surface area contributed by atoms with Gasteiger partial charge < -0.3 is 25.0 Å². The monoisotopic (exact) mass is 464 g/mol. The van der Waals surface area contributed by atoms with Crippen molar-refractivity contribution >= 4 is 35.8 Å². The Kier molecular flexibility index (Phi) is 12.9. The molecular weight excluding hydrogens is 435 g/mol. The highest BCUT2D eigenvalue weighted by Crippen LogP contribution is 2.12. The molecule has 7 nitrogen and oxygen atoms in total. The average molecular weight is 464 g/mol. The van der Waals surface area contributed by atoms with Crippen LogP contribution in [0.4, 0.5) is 0 Å². The first-order valence-corrected chi connectivity index (χ1v) is 7.98. The van der Waals surface area contributed by atoms with Crippen molar-refractivity contribution in [2.45, 2.75) is 13.5 Å². The molecule has 0 aromatic heterocycles. The van der Waals surface area contributed by atoms with E-state index >= 15 is 0 Å². The molecular formula is C17H29IN4O3. The van der Waals surface area contributed by atoms with Gasteiger partial charge in [0.15, 0.2) is 5.96 Å². The van der Waals surface area contributed by atoms with E-state index in [0.717, 1.165) is 17.9 Å². The molecule has 1 aromatic carbocycles. The number of nitrogens with one attached hydrogen (secondary N) is 2. The number of aliphatic imine (C=N–C) groups is 1. The van der Waals surface area contributed by atoms with Crippen LogP contribution < -0.4 is 15.4 Å². The quantitative estimate of drug-likeness (QED) is 0.251. The maximum absolute atomic E-state index is 11.7. The van der Waals surface area contributed by atoms with E-state index in [1.165, 1.54) is 0 Å². The van der Waals surface area contributed by atoms with Crippen LogP contribution in [0.3, 0.4) is 0 Å². The van der Waals surface area contributed by atoms with E-state index in [-0.39, 0.29) is 36.4 Å². The van der Waals surface area contributed by atoms with Gasteiger partial charge in [0.2, 0.25) is 5.91 Å². The SMILES string of the molecule is CCNC(=NCC(=O)NCCOC)N(C)Cc1ccc(OC)cc1.I. The summed E-state index contributed by atoms with van der Waals surface area (Å²) >= 11 is 0. The summed E-state index contributed by atoms with van der Waals surface area (Å²) in [5.41, 5.74) is 1.13. The summed E-state index contributed by atoms with van der Waals surface area (Å²) in [5, 5.41) is 5.95. The van der Waals surface area contributed by atoms with E-state index < -0.39 is 0 Å². The fourth-order valence-corrected chi connectivity index (χ4v) is 2.04. The lowest BCUT2D eigenvalue weighted by molar-refractivity contribution is -0.119. The minimum absolute atomic E-state index is 0. The highest BCUT2D eigenvalue weighted by Gasteiger charge is 2.08. The lowest BCUT2D eigenvalue weighted by Crippen LogP contribution is -2.39. The number of guanidine groups is 1. The molecule has 2 N–H and O–H groups in total. The third-order valence-electron chi connectivity index (χ3n) is 3.28. The number of methoxy groups -OCH3 is 2. The summed E-state index contributed by atoms with van der Waals surface area (Å²) in [7, 11) is 5.19. The smallest absolute Gasteiger partial charge is 0.241 e. The van der Waals surface area contributed by atoms with E-state index in [1.54, 1.807) is 14.2 Å². The molecule has 0 unspecified atom stereocenters. The van der Waals surface area contributed by atoms with Gasteiger partial charge in [0, 0.05) is 33.8 Å². The van der Waals surface area contributed by atoms with Crippen molar-refractivity contribution in [1.82, 2.24) is 15.5 Å². The largest absolute Gasteiger partial charge is 0.497 e. The van der Waals surface area contributed by atoms with Crippen molar-refractivity contribution < 1.29 is 14.3 Å². The number of nitrogens with zero attached hydrogens (tertiary/aromatic N) is 2. The Morgan fingerprint density at radius 3 is 2.44 bits per heavy atom. The Morgan fingerprint density at radius 1 is 1.20 bits per heavy atom. The minimum atomic E-state index is -0.125. The second-order valence-electron chi connectivity index (χ2n) is 5.22. The van der Waals surface area contributed by atoms with Crippen molar-refractivity contribution in [3.8, 4) is 5.75 Å². The number of carbonyl (C=O) groups excluding carboxylic acids is 1. The molecule has 0 aliphatic heterocycles. The topological polar surface area (TPSA) is 75.2 Å². The summed E-state index contributed by atoms with van der Waals surface area (Å²) in [5.74, 6) is 1.39. The average Bonchev–Trinajstić information content (AvgIpc) is 2.59. The minimum Gasteiger partial charge on any atom is -0.497 e. The van der Waals surface area contributed by atoms with Crippen LogP contribution in [-0.2, 0) is 16.1 Å². The molecule has 1 rings (SSSR count). The van der Waals surface area contributed by atoms with Gasteiger partial charge in [-0.1, -0.05) is 12.1 Å². The summed E-state index contributed by atoms with van der Waals surface area (Å²) in [6.07, 6.45) is 0. The van der Waals surface area contributed by atoms with Gasteiger partial charge in [-0.25, -0.2) is 4.99 Å². The molecule has 0 heterocycles. The highest BCUT2D eigenvalue weighted by atomic mass is 127. The fourth-order valence-electron chi connectivity index (χ4n) is 2.04. The van der Waals surface area contributed by atoms with Crippen LogP contribution in [0.2, 0.25) is 0 Å². The van der Waals surface area contributed by atoms with E-state index in [0.29, 0.717) is 25.7 Å². The molecule has 0 radical (unpaired) electrons. The molecule has 0 spiro atoms. The molecule has 25 heavy (non-hydrogen) atoms. The van der Waals surface area contributed by atoms with E-state index in [9.17, 15) is 4.79 Å². The Bertz CT molecular complexity index is 523. The van der Waals surface area contributed by atoms with Crippen LogP contribution in [0, 0.1) is 0 Å². The Balaban J connectivity index is 0.00000576. The van der Waals surface area contributed by atoms with Gasteiger partial charge in [-0.15, -0.1) is 24.0 Å². The number of amides is 1. The molecule has 142 valence electrons. The second-order valence-corrected chi connectivity index (χ2v) is 5.22. The van der Waals surface area contributed by atoms with Crippen LogP contribution in [0.25, 0.3) is 0 Å². The standard InChI is InChI=1S/C17H28N4O3.HI/c1-5-18-17(20-12-16(22)19-10-11-23-3)21(2)13-14-6-8-15(24-4)9-7-14;/h6-9H,5,10-13H2,1-4H3,(H,18,20)(H,19,22);1H. The number of rotatable bonds is 9. The zero-order valence-corrected chi connectivity index (χ0v) is 17.7. The van der Waals surface area contributed by atoms with Gasteiger partial charge in [0.1, 0.15) is 12.3 Å². The Hall–Kier alpha value is -1.55. The maximum Gasteiger partial charge on any atom is 0.241 e. The molecule has 1 aromatic rings. The summed E-state index contributed by atoms with van der Waals surface area (Å²) in [6.45, 7) is 4.47. The summed E-state index contributed by atoms with van der Waals surface area (Å²) < 4.78 is 10.1. The fraction of sp³-hybridized carbons (Fsp3) is 0.529. The lowest BCUT2D eigenvalue weighted by Gasteiger charge is -2.22. The Labute approximate surface area is 167 Å². The zero-order chi connectivity index (χ0) is 17.8. The van der Waals surface area contributed by atoms with Crippen LogP contribution in [0.5, 0.6) is 5.75 Å². The third kappa shape index (κ3) is 9.49. The van der Waals surface area contributed by atoms with Crippen LogP contribution in [0.15, 0.2) is 29.3 Å². The van der Waals surface area contributed by atoms with Crippen molar-refractivity contribution in [2.75, 3.05) is 47.5 Å². The van der Waals surface area contributed by atoms with Crippen molar-refractivity contribution in [3.05, 3.63) is 29.8 Å². The van der Waals surface area contributed by atoms with Gasteiger partial charge in [-0.2, -0.15) is 0 Å². The molecule has 1 amide bonds. The number of hydrogen-bond acceptors (Lipinski definition) is 4. The molecule has 0 saturated carbocycles. The van der Waals surface area contributed by atoms with E-state index in [1.807, 2.05) is 43.1 Å². The first-order chi connectivity index (χ1) is 11.6. The normalized spacial score (nSPS) is 10.6. The zero-order valence-electron chi connectivity index (χ0n) is 15.4. The lowest BCUT2D eigenvalue weighted by atomic mass is 10.2. The molecule has 0 bridgehead atoms. The van der Waals surface area contributed by atoms with Crippen LogP contribution in [-0.4, -0.2) is 64.3 Å². The predicted molar refractivity (Wildman–Crippen MR) is 111 cm³/mol. The predicted octanol–water partition coefficient (Wildman–Crippen LogP) is 1.47. The first kappa shape index (κ1) is 23.4. The van der Waals surface area contributed by atoms with Crippen molar-refractivity contribution in [2.24, 2.45) is 4.99 Å². The number of ether oxygens (including phenoxy) is 2. The van der Waals surface area contributed by atoms with Gasteiger partial charge in [0.05, 0.1) is 13.7 Å². The van der Waals surface area contributed by atoms with Crippen LogP contribution >= 0.6 is 24.0 Å². The number of benzene rings is 1. The maximum atomic E-state index is 11.7. The van der Waals surface area contributed by atoms with E-state index in [4.69, 9.17) is 9.47 Å². The molecule has 8 heteroatoms. The summed E-state index contributed by atoms with van der Waals surface area (Å²) in [4.78, 5) is 18.1. The molecule has 0 aliphatic rings. The van der Waals surface area contributed by atoms with Gasteiger partial charge >= 0.3 is 0 Å². The number of hydrogen-bond donors (Lipinski definition) is 2. The first-order valence-electron chi connectivity index (χ1n) is 7.98. The molecule has 0 aliphatic carbocycles. The molecule has 0 fully saturated rings. The van der Waals surface area contributed by atoms with Gasteiger partial charge in [0.25, 0.3) is 0 Å². The molecule has 0 saturated heterocycles. The highest BCUT2D eigenvalue weighted by molar-refractivity contribution is 14.0. The third-order valence-corrected chi connectivity index (χ3v) is 3.28. The number of carbonyl (C=O) groups is 1. The second kappa shape index (κ2) is 13.7. The van der Waals surface area contributed by atoms with Gasteiger partial charge in [-0.3, -0.25) is 4.79 Å². The Morgan fingerprint density at radius 2 is 1.88 bits per heavy atom. The van der Waals surface area contributed by atoms with Gasteiger partial charge in [-0.05, 0) is 24.6 Å². The van der Waals surface area contributed by atoms with Crippen molar-refractivity contribution in [1.29, 1.82) is 0 Å². The van der Waals surface area contributed by atoms with Crippen LogP contribution in [0.1, 0.15) is 12.5 Å². The summed E-state index contributed by atoms with van der Waals surface area (Å²) in [6, 6.07) is 7.87. The molecule has 0 atom stereocenters. The van der Waals surface area contributed by atoms with Crippen molar-refractivity contribution in [3.63, 3.8) is 0 Å².